The molecule has 16 heavy (non-hydrogen) atoms. The van der Waals surface area contributed by atoms with E-state index in [0.717, 1.165) is 0 Å². The number of carbonyl (C=O) groups is 1. The topological polar surface area (TPSA) is 91.9 Å². The van der Waals surface area contributed by atoms with Crippen LogP contribution in [0.4, 0.5) is 0 Å². The fourth-order valence-corrected chi connectivity index (χ4v) is 2.94. The molecule has 0 radical (unpaired) electrons. The summed E-state index contributed by atoms with van der Waals surface area (Å²) in [4.78, 5) is 11.1. The van der Waals surface area contributed by atoms with Gasteiger partial charge in [0.05, 0.1) is 17.4 Å². The summed E-state index contributed by atoms with van der Waals surface area (Å²) < 4.78 is 26.2. The van der Waals surface area contributed by atoms with Crippen LogP contribution in [0.25, 0.3) is 0 Å². The number of aryl methyl sites for hydroxylation is 2. The Labute approximate surface area is 94.5 Å². The molecule has 90 valence electrons. The molecule has 0 bridgehead atoms. The number of rotatable bonds is 4. The van der Waals surface area contributed by atoms with Crippen LogP contribution in [0.5, 0.6) is 0 Å². The molecule has 1 unspecified atom stereocenters. The number of hydrogen-bond acceptors (Lipinski definition) is 4. The van der Waals surface area contributed by atoms with Crippen molar-refractivity contribution in [3.05, 3.63) is 11.4 Å². The summed E-state index contributed by atoms with van der Waals surface area (Å²) in [6.45, 7) is 6.05. The van der Waals surface area contributed by atoms with E-state index >= 15 is 0 Å². The largest absolute Gasteiger partial charge is 0.298 e. The fraction of sp³-hybridized carbons (Fsp3) is 0.556. The number of sulfonamides is 1. The minimum atomic E-state index is -3.69. The van der Waals surface area contributed by atoms with Crippen molar-refractivity contribution >= 4 is 15.8 Å². The first-order chi connectivity index (χ1) is 7.25. The molecule has 1 heterocycles. The molecule has 6 nitrogen and oxygen atoms in total. The van der Waals surface area contributed by atoms with E-state index in [4.69, 9.17) is 0 Å². The van der Waals surface area contributed by atoms with E-state index in [-0.39, 0.29) is 10.7 Å². The van der Waals surface area contributed by atoms with Gasteiger partial charge in [-0.05, 0) is 27.7 Å². The third-order valence-corrected chi connectivity index (χ3v) is 4.07. The highest BCUT2D eigenvalue weighted by molar-refractivity contribution is 7.89. The number of hydrogen-bond donors (Lipinski definition) is 2. The van der Waals surface area contributed by atoms with Gasteiger partial charge >= 0.3 is 0 Å². The highest BCUT2D eigenvalue weighted by Crippen LogP contribution is 2.16. The molecule has 1 atom stereocenters. The van der Waals surface area contributed by atoms with Crippen molar-refractivity contribution in [2.45, 2.75) is 38.6 Å². The standard InChI is InChI=1S/C9H15N3O3S/c1-5(8(4)13)12-16(14,15)9-6(2)10-11-7(9)3/h5,12H,1-4H3,(H,10,11). The Hall–Kier alpha value is -1.21. The molecule has 0 fully saturated rings. The van der Waals surface area contributed by atoms with Crippen LogP contribution < -0.4 is 4.72 Å². The number of Topliss-reactive ketones (excluding diaryl/α,β-unsaturated/α-hetero) is 1. The third-order valence-electron chi connectivity index (χ3n) is 2.27. The predicted octanol–water partition coefficient (Wildman–Crippen LogP) is 0.282. The summed E-state index contributed by atoms with van der Waals surface area (Å²) in [5.41, 5.74) is 0.849. The van der Waals surface area contributed by atoms with Crippen molar-refractivity contribution in [2.75, 3.05) is 0 Å². The first-order valence-electron chi connectivity index (χ1n) is 4.80. The van der Waals surface area contributed by atoms with Crippen molar-refractivity contribution < 1.29 is 13.2 Å². The molecule has 0 saturated carbocycles. The van der Waals surface area contributed by atoms with Crippen LogP contribution in [0.1, 0.15) is 25.2 Å². The zero-order valence-electron chi connectivity index (χ0n) is 9.66. The van der Waals surface area contributed by atoms with Crippen LogP contribution in [-0.2, 0) is 14.8 Å². The molecule has 2 N–H and O–H groups in total. The number of ketones is 1. The molecule has 0 saturated heterocycles. The van der Waals surface area contributed by atoms with Crippen LogP contribution in [0.3, 0.4) is 0 Å². The molecule has 0 aliphatic carbocycles. The lowest BCUT2D eigenvalue weighted by molar-refractivity contribution is -0.118. The van der Waals surface area contributed by atoms with Gasteiger partial charge in [0.15, 0.2) is 0 Å². The maximum Gasteiger partial charge on any atom is 0.244 e. The molecule has 1 rings (SSSR count). The van der Waals surface area contributed by atoms with Crippen molar-refractivity contribution in [1.82, 2.24) is 14.9 Å². The molecular formula is C9H15N3O3S. The van der Waals surface area contributed by atoms with Crippen LogP contribution in [0.2, 0.25) is 0 Å². The number of nitrogens with one attached hydrogen (secondary N) is 2. The summed E-state index contributed by atoms with van der Waals surface area (Å²) in [6, 6.07) is -0.737. The van der Waals surface area contributed by atoms with Crippen molar-refractivity contribution in [1.29, 1.82) is 0 Å². The molecule has 7 heteroatoms. The highest BCUT2D eigenvalue weighted by atomic mass is 32.2. The summed E-state index contributed by atoms with van der Waals surface area (Å²) >= 11 is 0. The van der Waals surface area contributed by atoms with Crippen molar-refractivity contribution in [3.63, 3.8) is 0 Å². The first-order valence-corrected chi connectivity index (χ1v) is 6.28. The van der Waals surface area contributed by atoms with Crippen LogP contribution >= 0.6 is 0 Å². The van der Waals surface area contributed by atoms with E-state index in [2.05, 4.69) is 14.9 Å². The third kappa shape index (κ3) is 2.48. The molecular weight excluding hydrogens is 230 g/mol. The van der Waals surface area contributed by atoms with Gasteiger partial charge in [-0.2, -0.15) is 5.10 Å². The van der Waals surface area contributed by atoms with E-state index in [1.54, 1.807) is 13.8 Å². The normalized spacial score (nSPS) is 13.8. The van der Waals surface area contributed by atoms with E-state index in [1.807, 2.05) is 0 Å². The van der Waals surface area contributed by atoms with Crippen LogP contribution in [-0.4, -0.2) is 30.4 Å². The molecule has 1 aromatic heterocycles. The van der Waals surface area contributed by atoms with Gasteiger partial charge in [0, 0.05) is 0 Å². The van der Waals surface area contributed by atoms with Crippen molar-refractivity contribution in [3.8, 4) is 0 Å². The Morgan fingerprint density at radius 3 is 2.38 bits per heavy atom. The van der Waals surface area contributed by atoms with Gasteiger partial charge in [0.2, 0.25) is 10.0 Å². The zero-order chi connectivity index (χ0) is 12.5. The van der Waals surface area contributed by atoms with Gasteiger partial charge in [-0.25, -0.2) is 13.1 Å². The Balaban J connectivity index is 3.09. The molecule has 0 aliphatic rings. The SMILES string of the molecule is CC(=O)C(C)NS(=O)(=O)c1c(C)n[nH]c1C. The van der Waals surface area contributed by atoms with Gasteiger partial charge in [-0.15, -0.1) is 0 Å². The molecule has 0 spiro atoms. The lowest BCUT2D eigenvalue weighted by atomic mass is 10.3. The monoisotopic (exact) mass is 245 g/mol. The van der Waals surface area contributed by atoms with Gasteiger partial charge in [0.1, 0.15) is 10.7 Å². The Morgan fingerprint density at radius 1 is 1.44 bits per heavy atom. The van der Waals surface area contributed by atoms with Gasteiger partial charge in [0.25, 0.3) is 0 Å². The minimum absolute atomic E-state index is 0.112. The first kappa shape index (κ1) is 12.9. The fourth-order valence-electron chi connectivity index (χ4n) is 1.31. The maximum atomic E-state index is 11.9. The maximum absolute atomic E-state index is 11.9. The van der Waals surface area contributed by atoms with Crippen molar-refractivity contribution in [2.24, 2.45) is 0 Å². The Morgan fingerprint density at radius 2 is 2.00 bits per heavy atom. The molecule has 0 aromatic carbocycles. The smallest absolute Gasteiger partial charge is 0.244 e. The summed E-state index contributed by atoms with van der Waals surface area (Å²) in [7, 11) is -3.69. The van der Waals surface area contributed by atoms with Gasteiger partial charge < -0.3 is 0 Å². The lowest BCUT2D eigenvalue weighted by Gasteiger charge is -2.11. The summed E-state index contributed by atoms with van der Waals surface area (Å²) in [6.07, 6.45) is 0. The summed E-state index contributed by atoms with van der Waals surface area (Å²) in [5.74, 6) is -0.234. The average molecular weight is 245 g/mol. The molecule has 1 aromatic rings. The summed E-state index contributed by atoms with van der Waals surface area (Å²) in [5, 5.41) is 6.40. The van der Waals surface area contributed by atoms with Gasteiger partial charge in [-0.1, -0.05) is 0 Å². The van der Waals surface area contributed by atoms with Gasteiger partial charge in [-0.3, -0.25) is 9.89 Å². The second-order valence-electron chi connectivity index (χ2n) is 3.72. The van der Waals surface area contributed by atoms with E-state index in [0.29, 0.717) is 11.4 Å². The lowest BCUT2D eigenvalue weighted by Crippen LogP contribution is -2.37. The minimum Gasteiger partial charge on any atom is -0.298 e. The second kappa shape index (κ2) is 4.34. The van der Waals surface area contributed by atoms with E-state index < -0.39 is 16.1 Å². The Kier molecular flexibility index (Phi) is 3.49. The number of aromatic nitrogens is 2. The second-order valence-corrected chi connectivity index (χ2v) is 5.37. The average Bonchev–Trinajstić information content (AvgIpc) is 2.45. The van der Waals surface area contributed by atoms with E-state index in [1.165, 1.54) is 13.8 Å². The predicted molar refractivity (Wildman–Crippen MR) is 58.5 cm³/mol. The highest BCUT2D eigenvalue weighted by Gasteiger charge is 2.25. The number of H-pyrrole nitrogens is 1. The quantitative estimate of drug-likeness (QED) is 0.797. The Bertz CT molecular complexity index is 485. The number of aromatic amines is 1. The van der Waals surface area contributed by atoms with Crippen LogP contribution in [0, 0.1) is 13.8 Å². The molecule has 0 amide bonds. The number of carbonyl (C=O) groups excluding carboxylic acids is 1. The number of nitrogens with zero attached hydrogens (tertiary/aromatic N) is 1. The van der Waals surface area contributed by atoms with Crippen LogP contribution in [0.15, 0.2) is 4.90 Å². The zero-order valence-corrected chi connectivity index (χ0v) is 10.5. The molecule has 0 aliphatic heterocycles. The van der Waals surface area contributed by atoms with E-state index in [9.17, 15) is 13.2 Å².